The van der Waals surface area contributed by atoms with E-state index in [4.69, 9.17) is 9.47 Å². The molecule has 0 spiro atoms. The number of nitrogens with one attached hydrogen (secondary N) is 2. The zero-order chi connectivity index (χ0) is 35.7. The minimum absolute atomic E-state index is 0.203. The predicted molar refractivity (Wildman–Crippen MR) is 186 cm³/mol. The quantitative estimate of drug-likeness (QED) is 0.226. The molecule has 0 aliphatic heterocycles. The first-order chi connectivity index (χ1) is 21.7. The van der Waals surface area contributed by atoms with Gasteiger partial charge in [0.1, 0.15) is 29.3 Å². The Labute approximate surface area is 282 Å². The number of amides is 3. The van der Waals surface area contributed by atoms with Gasteiger partial charge in [0.05, 0.1) is 0 Å². The summed E-state index contributed by atoms with van der Waals surface area (Å²) in [5.41, 5.74) is 1.63. The summed E-state index contributed by atoms with van der Waals surface area (Å²) in [7, 11) is 0. The second-order valence-corrected chi connectivity index (χ2v) is 14.9. The SMILES string of the molecule is Cc1cccc(C)c1C(C(=O)NC(Cc1ccccc1)C(=O)OC(C)(C)C)N(C(=O)C(C)NC(=O)OC(C)(C)C)C(C)CCC(C)C. The predicted octanol–water partition coefficient (Wildman–Crippen LogP) is 6.98. The highest BCUT2D eigenvalue weighted by molar-refractivity contribution is 5.94. The number of nitrogens with zero attached hydrogens (tertiary/aromatic N) is 1. The van der Waals surface area contributed by atoms with Crippen molar-refractivity contribution < 1.29 is 28.7 Å². The lowest BCUT2D eigenvalue weighted by molar-refractivity contribution is -0.159. The second-order valence-electron chi connectivity index (χ2n) is 14.9. The van der Waals surface area contributed by atoms with Crippen LogP contribution >= 0.6 is 0 Å². The highest BCUT2D eigenvalue weighted by Gasteiger charge is 2.40. The Balaban J connectivity index is 2.68. The number of ether oxygens (including phenoxy) is 2. The van der Waals surface area contributed by atoms with Gasteiger partial charge in [0.25, 0.3) is 0 Å². The Hall–Kier alpha value is -3.88. The average Bonchev–Trinajstić information content (AvgIpc) is 2.93. The fourth-order valence-electron chi connectivity index (χ4n) is 5.40. The van der Waals surface area contributed by atoms with Crippen molar-refractivity contribution in [1.29, 1.82) is 0 Å². The summed E-state index contributed by atoms with van der Waals surface area (Å²) in [6.07, 6.45) is 0.911. The van der Waals surface area contributed by atoms with E-state index >= 15 is 0 Å². The summed E-state index contributed by atoms with van der Waals surface area (Å²) in [4.78, 5) is 57.1. The molecule has 0 aromatic heterocycles. The van der Waals surface area contributed by atoms with Gasteiger partial charge < -0.3 is 25.0 Å². The number of aryl methyl sites for hydroxylation is 2. The normalized spacial score (nSPS) is 14.4. The molecule has 47 heavy (non-hydrogen) atoms. The molecule has 0 saturated carbocycles. The summed E-state index contributed by atoms with van der Waals surface area (Å²) in [5, 5.41) is 5.66. The third kappa shape index (κ3) is 12.7. The van der Waals surface area contributed by atoms with Crippen LogP contribution < -0.4 is 10.6 Å². The maximum absolute atomic E-state index is 14.7. The second kappa shape index (κ2) is 16.8. The molecule has 4 atom stereocenters. The molecular weight excluding hydrogens is 594 g/mol. The number of rotatable bonds is 13. The third-order valence-corrected chi connectivity index (χ3v) is 7.63. The van der Waals surface area contributed by atoms with E-state index in [1.807, 2.05) is 69.3 Å². The van der Waals surface area contributed by atoms with E-state index < -0.39 is 59.2 Å². The lowest BCUT2D eigenvalue weighted by Gasteiger charge is -2.39. The van der Waals surface area contributed by atoms with Crippen LogP contribution in [0.2, 0.25) is 0 Å². The van der Waals surface area contributed by atoms with Crippen molar-refractivity contribution >= 4 is 23.9 Å². The van der Waals surface area contributed by atoms with Crippen molar-refractivity contribution in [1.82, 2.24) is 15.5 Å². The van der Waals surface area contributed by atoms with Crippen molar-refractivity contribution in [2.45, 2.75) is 138 Å². The molecule has 260 valence electrons. The maximum atomic E-state index is 14.7. The first kappa shape index (κ1) is 39.3. The van der Waals surface area contributed by atoms with Gasteiger partial charge in [-0.1, -0.05) is 62.4 Å². The van der Waals surface area contributed by atoms with Crippen molar-refractivity contribution in [2.24, 2.45) is 5.92 Å². The highest BCUT2D eigenvalue weighted by Crippen LogP contribution is 2.32. The van der Waals surface area contributed by atoms with Gasteiger partial charge in [-0.2, -0.15) is 0 Å². The van der Waals surface area contributed by atoms with Crippen LogP contribution in [0.15, 0.2) is 48.5 Å². The molecule has 9 heteroatoms. The number of hydrogen-bond acceptors (Lipinski definition) is 6. The van der Waals surface area contributed by atoms with Crippen LogP contribution in [-0.4, -0.2) is 58.1 Å². The first-order valence-electron chi connectivity index (χ1n) is 16.6. The average molecular weight is 652 g/mol. The Morgan fingerprint density at radius 3 is 1.81 bits per heavy atom. The van der Waals surface area contributed by atoms with Gasteiger partial charge >= 0.3 is 12.1 Å². The van der Waals surface area contributed by atoms with E-state index in [1.54, 1.807) is 53.4 Å². The Kier molecular flexibility index (Phi) is 14.0. The highest BCUT2D eigenvalue weighted by atomic mass is 16.6. The summed E-state index contributed by atoms with van der Waals surface area (Å²) in [5.74, 6) is -1.16. The van der Waals surface area contributed by atoms with Crippen LogP contribution in [0.4, 0.5) is 4.79 Å². The first-order valence-corrected chi connectivity index (χ1v) is 16.6. The number of alkyl carbamates (subject to hydrolysis) is 1. The number of benzene rings is 2. The van der Waals surface area contributed by atoms with Crippen molar-refractivity contribution in [3.05, 3.63) is 70.8 Å². The molecule has 4 unspecified atom stereocenters. The Morgan fingerprint density at radius 2 is 1.30 bits per heavy atom. The minimum Gasteiger partial charge on any atom is -0.458 e. The van der Waals surface area contributed by atoms with Crippen LogP contribution in [0.3, 0.4) is 0 Å². The fraction of sp³-hybridized carbons (Fsp3) is 0.579. The molecule has 2 aromatic rings. The van der Waals surface area contributed by atoms with E-state index in [0.29, 0.717) is 17.9 Å². The van der Waals surface area contributed by atoms with Gasteiger partial charge in [-0.3, -0.25) is 9.59 Å². The summed E-state index contributed by atoms with van der Waals surface area (Å²) in [6, 6.07) is 11.6. The molecule has 0 bridgehead atoms. The molecule has 3 amide bonds. The van der Waals surface area contributed by atoms with E-state index in [-0.39, 0.29) is 6.42 Å². The molecule has 0 aliphatic carbocycles. The van der Waals surface area contributed by atoms with Gasteiger partial charge in [-0.25, -0.2) is 9.59 Å². The summed E-state index contributed by atoms with van der Waals surface area (Å²) < 4.78 is 11.2. The minimum atomic E-state index is -1.10. The van der Waals surface area contributed by atoms with E-state index in [0.717, 1.165) is 23.1 Å². The van der Waals surface area contributed by atoms with E-state index in [2.05, 4.69) is 24.5 Å². The zero-order valence-electron chi connectivity index (χ0n) is 30.5. The van der Waals surface area contributed by atoms with Crippen molar-refractivity contribution in [3.8, 4) is 0 Å². The smallest absolute Gasteiger partial charge is 0.408 e. The molecule has 2 aromatic carbocycles. The number of esters is 1. The number of hydrogen-bond donors (Lipinski definition) is 2. The monoisotopic (exact) mass is 651 g/mol. The number of carbonyl (C=O) groups is 4. The Bertz CT molecular complexity index is 1340. The molecule has 9 nitrogen and oxygen atoms in total. The molecule has 0 saturated heterocycles. The van der Waals surface area contributed by atoms with Crippen molar-refractivity contribution in [2.75, 3.05) is 0 Å². The molecular formula is C38H57N3O6. The van der Waals surface area contributed by atoms with Gasteiger partial charge in [-0.15, -0.1) is 0 Å². The molecule has 0 radical (unpaired) electrons. The largest absolute Gasteiger partial charge is 0.458 e. The molecule has 2 N–H and O–H groups in total. The summed E-state index contributed by atoms with van der Waals surface area (Å²) in [6.45, 7) is 22.1. The Morgan fingerprint density at radius 1 is 0.745 bits per heavy atom. The molecule has 0 heterocycles. The molecule has 2 rings (SSSR count). The van der Waals surface area contributed by atoms with Gasteiger partial charge in [0.2, 0.25) is 11.8 Å². The summed E-state index contributed by atoms with van der Waals surface area (Å²) >= 11 is 0. The fourth-order valence-corrected chi connectivity index (χ4v) is 5.40. The lowest BCUT2D eigenvalue weighted by Crippen LogP contribution is -2.56. The van der Waals surface area contributed by atoms with Crippen LogP contribution in [0.1, 0.15) is 110 Å². The topological polar surface area (TPSA) is 114 Å². The van der Waals surface area contributed by atoms with E-state index in [1.165, 1.54) is 0 Å². The van der Waals surface area contributed by atoms with Crippen LogP contribution in [0, 0.1) is 19.8 Å². The standard InChI is InChI=1S/C38H57N3O6/c1-24(2)21-22-27(5)41(34(43)28(6)39-36(45)47-38(10,11)12)32(31-25(3)17-16-18-26(31)4)33(42)40-30(35(44)46-37(7,8)9)23-29-19-14-13-15-20-29/h13-20,24,27-28,30,32H,21-23H2,1-12H3,(H,39,45)(H,40,42). The van der Waals surface area contributed by atoms with Crippen LogP contribution in [0.25, 0.3) is 0 Å². The zero-order valence-corrected chi connectivity index (χ0v) is 30.5. The van der Waals surface area contributed by atoms with Gasteiger partial charge in [0.15, 0.2) is 0 Å². The maximum Gasteiger partial charge on any atom is 0.408 e. The van der Waals surface area contributed by atoms with Gasteiger partial charge in [-0.05, 0) is 110 Å². The van der Waals surface area contributed by atoms with Crippen LogP contribution in [0.5, 0.6) is 0 Å². The van der Waals surface area contributed by atoms with Crippen LogP contribution in [-0.2, 0) is 30.3 Å². The molecule has 0 fully saturated rings. The third-order valence-electron chi connectivity index (χ3n) is 7.63. The van der Waals surface area contributed by atoms with E-state index in [9.17, 15) is 19.2 Å². The van der Waals surface area contributed by atoms with Gasteiger partial charge in [0, 0.05) is 12.5 Å². The molecule has 0 aliphatic rings. The van der Waals surface area contributed by atoms with Crippen molar-refractivity contribution in [3.63, 3.8) is 0 Å². The number of carbonyl (C=O) groups excluding carboxylic acids is 4. The lowest BCUT2D eigenvalue weighted by atomic mass is 9.91.